The summed E-state index contributed by atoms with van der Waals surface area (Å²) < 4.78 is 5.91. The number of benzene rings is 1. The number of urea groups is 1. The number of carboxylic acid groups (broad SMARTS) is 1. The largest absolute Gasteiger partial charge is 0.478 e. The summed E-state index contributed by atoms with van der Waals surface area (Å²) in [6.07, 6.45) is 0.928. The van der Waals surface area contributed by atoms with E-state index in [0.29, 0.717) is 23.5 Å². The fraction of sp³-hybridized carbons (Fsp3) is 0.385. The Hall–Kier alpha value is -1.60. The first kappa shape index (κ1) is 14.8. The highest BCUT2D eigenvalue weighted by molar-refractivity contribution is 9.10. The predicted molar refractivity (Wildman–Crippen MR) is 77.0 cm³/mol. The number of amides is 2. The SMILES string of the molecule is O=C(NCC1CCOC1)Nc1cc(Br)ccc1C(=O)O. The van der Waals surface area contributed by atoms with Crippen LogP contribution in [0.25, 0.3) is 0 Å². The predicted octanol–water partition coefficient (Wildman–Crippen LogP) is 2.31. The first-order chi connectivity index (χ1) is 9.56. The van der Waals surface area contributed by atoms with Gasteiger partial charge in [0.05, 0.1) is 17.9 Å². The third-order valence-electron chi connectivity index (χ3n) is 3.04. The molecule has 0 aliphatic carbocycles. The molecule has 2 amide bonds. The van der Waals surface area contributed by atoms with Gasteiger partial charge in [0.25, 0.3) is 0 Å². The second-order valence-electron chi connectivity index (χ2n) is 4.56. The molecule has 1 saturated heterocycles. The lowest BCUT2D eigenvalue weighted by molar-refractivity contribution is 0.0698. The molecule has 1 aromatic rings. The second kappa shape index (κ2) is 6.71. The molecule has 0 saturated carbocycles. The summed E-state index contributed by atoms with van der Waals surface area (Å²) in [6, 6.07) is 4.19. The lowest BCUT2D eigenvalue weighted by Crippen LogP contribution is -2.33. The Bertz CT molecular complexity index is 515. The van der Waals surface area contributed by atoms with Crippen LogP contribution in [0.4, 0.5) is 10.5 Å². The number of anilines is 1. The minimum Gasteiger partial charge on any atom is -0.478 e. The molecule has 1 heterocycles. The van der Waals surface area contributed by atoms with E-state index in [1.54, 1.807) is 12.1 Å². The van der Waals surface area contributed by atoms with Gasteiger partial charge in [-0.05, 0) is 24.6 Å². The lowest BCUT2D eigenvalue weighted by Gasteiger charge is -2.12. The normalized spacial score (nSPS) is 17.8. The molecule has 108 valence electrons. The molecule has 0 aromatic heterocycles. The van der Waals surface area contributed by atoms with E-state index < -0.39 is 12.0 Å². The molecule has 1 aromatic carbocycles. The maximum atomic E-state index is 11.8. The summed E-state index contributed by atoms with van der Waals surface area (Å²) in [6.45, 7) is 1.89. The van der Waals surface area contributed by atoms with Crippen molar-refractivity contribution in [2.24, 2.45) is 5.92 Å². The highest BCUT2D eigenvalue weighted by Crippen LogP contribution is 2.21. The van der Waals surface area contributed by atoms with Gasteiger partial charge in [-0.1, -0.05) is 15.9 Å². The molecule has 7 heteroatoms. The molecule has 1 aliphatic rings. The van der Waals surface area contributed by atoms with Crippen molar-refractivity contribution in [2.75, 3.05) is 25.1 Å². The zero-order valence-corrected chi connectivity index (χ0v) is 12.3. The van der Waals surface area contributed by atoms with Gasteiger partial charge in [-0.25, -0.2) is 9.59 Å². The Morgan fingerprint density at radius 3 is 2.90 bits per heavy atom. The van der Waals surface area contributed by atoms with E-state index in [1.807, 2.05) is 0 Å². The first-order valence-electron chi connectivity index (χ1n) is 6.21. The van der Waals surface area contributed by atoms with Crippen LogP contribution >= 0.6 is 15.9 Å². The molecular weight excluding hydrogens is 328 g/mol. The van der Waals surface area contributed by atoms with Gasteiger partial charge in [0, 0.05) is 23.5 Å². The van der Waals surface area contributed by atoms with Crippen LogP contribution in [0.1, 0.15) is 16.8 Å². The molecule has 1 atom stereocenters. The summed E-state index contributed by atoms with van der Waals surface area (Å²) in [5, 5.41) is 14.3. The van der Waals surface area contributed by atoms with E-state index in [0.717, 1.165) is 13.0 Å². The number of aromatic carboxylic acids is 1. The highest BCUT2D eigenvalue weighted by atomic mass is 79.9. The summed E-state index contributed by atoms with van der Waals surface area (Å²) >= 11 is 3.25. The Morgan fingerprint density at radius 1 is 1.45 bits per heavy atom. The van der Waals surface area contributed by atoms with Crippen LogP contribution in [0.2, 0.25) is 0 Å². The quantitative estimate of drug-likeness (QED) is 0.783. The molecule has 1 fully saturated rings. The lowest BCUT2D eigenvalue weighted by atomic mass is 10.1. The van der Waals surface area contributed by atoms with E-state index in [9.17, 15) is 9.59 Å². The van der Waals surface area contributed by atoms with E-state index in [2.05, 4.69) is 26.6 Å². The minimum absolute atomic E-state index is 0.0487. The molecule has 6 nitrogen and oxygen atoms in total. The van der Waals surface area contributed by atoms with Crippen LogP contribution in [0.5, 0.6) is 0 Å². The van der Waals surface area contributed by atoms with Gasteiger partial charge in [0.1, 0.15) is 0 Å². The summed E-state index contributed by atoms with van der Waals surface area (Å²) in [5.74, 6) is -0.765. The number of carboxylic acids is 1. The minimum atomic E-state index is -1.09. The molecule has 1 unspecified atom stereocenters. The molecule has 1 aliphatic heterocycles. The zero-order valence-electron chi connectivity index (χ0n) is 10.7. The van der Waals surface area contributed by atoms with Gasteiger partial charge < -0.3 is 20.5 Å². The van der Waals surface area contributed by atoms with Crippen molar-refractivity contribution in [3.63, 3.8) is 0 Å². The summed E-state index contributed by atoms with van der Waals surface area (Å²) in [5.41, 5.74) is 0.305. The standard InChI is InChI=1S/C13H15BrN2O4/c14-9-1-2-10(12(17)18)11(5-9)16-13(19)15-6-8-3-4-20-7-8/h1-2,5,8H,3-4,6-7H2,(H,17,18)(H2,15,16,19). The third kappa shape index (κ3) is 3.94. The van der Waals surface area contributed by atoms with Crippen LogP contribution in [0.15, 0.2) is 22.7 Å². The topological polar surface area (TPSA) is 87.7 Å². The van der Waals surface area contributed by atoms with E-state index in [-0.39, 0.29) is 11.3 Å². The number of rotatable bonds is 4. The van der Waals surface area contributed by atoms with Gasteiger partial charge in [0.2, 0.25) is 0 Å². The Balaban J connectivity index is 1.96. The van der Waals surface area contributed by atoms with Crippen molar-refractivity contribution in [1.29, 1.82) is 0 Å². The maximum absolute atomic E-state index is 11.8. The fourth-order valence-corrected chi connectivity index (χ4v) is 2.32. The molecular formula is C13H15BrN2O4. The highest BCUT2D eigenvalue weighted by Gasteiger charge is 2.17. The Morgan fingerprint density at radius 2 is 2.25 bits per heavy atom. The smallest absolute Gasteiger partial charge is 0.337 e. The average Bonchev–Trinajstić information content (AvgIpc) is 2.89. The Kier molecular flexibility index (Phi) is 4.97. The van der Waals surface area contributed by atoms with Crippen molar-refractivity contribution in [3.8, 4) is 0 Å². The van der Waals surface area contributed by atoms with Gasteiger partial charge in [-0.3, -0.25) is 0 Å². The summed E-state index contributed by atoms with van der Waals surface area (Å²) in [4.78, 5) is 22.9. The molecule has 0 bridgehead atoms. The van der Waals surface area contributed by atoms with Crippen molar-refractivity contribution in [1.82, 2.24) is 5.32 Å². The van der Waals surface area contributed by atoms with Gasteiger partial charge in [0.15, 0.2) is 0 Å². The number of carbonyl (C=O) groups is 2. The Labute approximate surface area is 124 Å². The fourth-order valence-electron chi connectivity index (χ4n) is 1.95. The van der Waals surface area contributed by atoms with Crippen LogP contribution < -0.4 is 10.6 Å². The third-order valence-corrected chi connectivity index (χ3v) is 3.53. The van der Waals surface area contributed by atoms with Crippen molar-refractivity contribution in [2.45, 2.75) is 6.42 Å². The molecule has 0 radical (unpaired) electrons. The first-order valence-corrected chi connectivity index (χ1v) is 7.01. The number of halogens is 1. The van der Waals surface area contributed by atoms with E-state index in [4.69, 9.17) is 9.84 Å². The van der Waals surface area contributed by atoms with Crippen molar-refractivity contribution < 1.29 is 19.4 Å². The summed E-state index contributed by atoms with van der Waals surface area (Å²) in [7, 11) is 0. The van der Waals surface area contributed by atoms with Gasteiger partial charge >= 0.3 is 12.0 Å². The van der Waals surface area contributed by atoms with Gasteiger partial charge in [-0.2, -0.15) is 0 Å². The monoisotopic (exact) mass is 342 g/mol. The maximum Gasteiger partial charge on any atom is 0.337 e. The molecule has 3 N–H and O–H groups in total. The number of ether oxygens (including phenoxy) is 1. The molecule has 20 heavy (non-hydrogen) atoms. The van der Waals surface area contributed by atoms with Gasteiger partial charge in [-0.15, -0.1) is 0 Å². The van der Waals surface area contributed by atoms with Crippen LogP contribution in [-0.4, -0.2) is 36.9 Å². The van der Waals surface area contributed by atoms with Crippen molar-refractivity contribution >= 4 is 33.6 Å². The van der Waals surface area contributed by atoms with E-state index in [1.165, 1.54) is 6.07 Å². The number of nitrogens with one attached hydrogen (secondary N) is 2. The van der Waals surface area contributed by atoms with Crippen molar-refractivity contribution in [3.05, 3.63) is 28.2 Å². The second-order valence-corrected chi connectivity index (χ2v) is 5.48. The zero-order chi connectivity index (χ0) is 14.5. The van der Waals surface area contributed by atoms with E-state index >= 15 is 0 Å². The van der Waals surface area contributed by atoms with Crippen LogP contribution in [-0.2, 0) is 4.74 Å². The van der Waals surface area contributed by atoms with Crippen LogP contribution in [0, 0.1) is 5.92 Å². The average molecular weight is 343 g/mol. The number of hydrogen-bond donors (Lipinski definition) is 3. The number of carbonyl (C=O) groups excluding carboxylic acids is 1. The molecule has 2 rings (SSSR count). The van der Waals surface area contributed by atoms with Crippen LogP contribution in [0.3, 0.4) is 0 Å². The number of hydrogen-bond acceptors (Lipinski definition) is 3. The molecule has 0 spiro atoms.